The zero-order chi connectivity index (χ0) is 17.6. The van der Waals surface area contributed by atoms with E-state index in [-0.39, 0.29) is 11.7 Å². The lowest BCUT2D eigenvalue weighted by Gasteiger charge is -2.28. The zero-order valence-electron chi connectivity index (χ0n) is 14.5. The van der Waals surface area contributed by atoms with E-state index in [0.717, 1.165) is 26.1 Å². The van der Waals surface area contributed by atoms with Crippen molar-refractivity contribution in [3.63, 3.8) is 0 Å². The van der Waals surface area contributed by atoms with Crippen molar-refractivity contribution in [3.05, 3.63) is 29.8 Å². The van der Waals surface area contributed by atoms with Crippen LogP contribution in [0.2, 0.25) is 0 Å². The molecule has 134 valence electrons. The van der Waals surface area contributed by atoms with E-state index < -0.39 is 10.0 Å². The summed E-state index contributed by atoms with van der Waals surface area (Å²) in [5, 5.41) is 2.90. The summed E-state index contributed by atoms with van der Waals surface area (Å²) >= 11 is 0. The molecule has 0 aromatic heterocycles. The molecule has 1 saturated heterocycles. The van der Waals surface area contributed by atoms with Crippen molar-refractivity contribution in [2.75, 3.05) is 42.8 Å². The third-order valence-corrected chi connectivity index (χ3v) is 6.22. The van der Waals surface area contributed by atoms with Gasteiger partial charge in [0.05, 0.1) is 11.4 Å². The topological polar surface area (TPSA) is 69.7 Å². The first-order valence-electron chi connectivity index (χ1n) is 8.59. The molecule has 24 heavy (non-hydrogen) atoms. The van der Waals surface area contributed by atoms with Crippen molar-refractivity contribution in [3.8, 4) is 0 Å². The van der Waals surface area contributed by atoms with Crippen LogP contribution in [0, 0.1) is 0 Å². The second-order valence-electron chi connectivity index (χ2n) is 5.93. The highest BCUT2D eigenvalue weighted by molar-refractivity contribution is 7.92. The van der Waals surface area contributed by atoms with Crippen LogP contribution < -0.4 is 9.62 Å². The molecule has 1 heterocycles. The molecule has 7 heteroatoms. The van der Waals surface area contributed by atoms with Crippen molar-refractivity contribution in [2.24, 2.45) is 0 Å². The highest BCUT2D eigenvalue weighted by Crippen LogP contribution is 2.24. The molecular weight excluding hydrogens is 326 g/mol. The van der Waals surface area contributed by atoms with Gasteiger partial charge >= 0.3 is 0 Å². The van der Waals surface area contributed by atoms with Gasteiger partial charge in [0.25, 0.3) is 5.91 Å². The lowest BCUT2D eigenvalue weighted by molar-refractivity contribution is 0.0949. The van der Waals surface area contributed by atoms with E-state index in [9.17, 15) is 13.2 Å². The molecule has 0 bridgehead atoms. The molecule has 0 spiro atoms. The van der Waals surface area contributed by atoms with E-state index in [1.807, 2.05) is 0 Å². The van der Waals surface area contributed by atoms with E-state index in [0.29, 0.717) is 30.8 Å². The largest absolute Gasteiger partial charge is 0.351 e. The minimum Gasteiger partial charge on any atom is -0.351 e. The SMILES string of the molecule is CCN(CC)CCNC(=O)c1cccc(N2CCCCS2(=O)=O)c1. The maximum atomic E-state index is 12.3. The summed E-state index contributed by atoms with van der Waals surface area (Å²) in [6.45, 7) is 7.95. The van der Waals surface area contributed by atoms with Crippen molar-refractivity contribution < 1.29 is 13.2 Å². The number of hydrogen-bond acceptors (Lipinski definition) is 4. The summed E-state index contributed by atoms with van der Waals surface area (Å²) in [7, 11) is -3.26. The second kappa shape index (κ2) is 8.48. The van der Waals surface area contributed by atoms with E-state index in [1.54, 1.807) is 24.3 Å². The fourth-order valence-electron chi connectivity index (χ4n) is 2.85. The number of likely N-dealkylation sites (N-methyl/N-ethyl adjacent to an activating group) is 1. The molecule has 1 fully saturated rings. The molecule has 1 aromatic rings. The van der Waals surface area contributed by atoms with Crippen LogP contribution in [0.3, 0.4) is 0 Å². The quantitative estimate of drug-likeness (QED) is 0.810. The number of anilines is 1. The predicted molar refractivity (Wildman–Crippen MR) is 96.9 cm³/mol. The molecule has 0 saturated carbocycles. The Balaban J connectivity index is 2.03. The number of nitrogens with zero attached hydrogens (tertiary/aromatic N) is 2. The Morgan fingerprint density at radius 3 is 2.67 bits per heavy atom. The summed E-state index contributed by atoms with van der Waals surface area (Å²) in [4.78, 5) is 14.5. The van der Waals surface area contributed by atoms with E-state index in [1.165, 1.54) is 4.31 Å². The maximum Gasteiger partial charge on any atom is 0.251 e. The molecule has 0 radical (unpaired) electrons. The molecule has 1 aliphatic rings. The average Bonchev–Trinajstić information content (AvgIpc) is 2.58. The van der Waals surface area contributed by atoms with Crippen LogP contribution in [0.4, 0.5) is 5.69 Å². The van der Waals surface area contributed by atoms with Crippen LogP contribution in [0.5, 0.6) is 0 Å². The van der Waals surface area contributed by atoms with Crippen LogP contribution in [0.25, 0.3) is 0 Å². The third-order valence-electron chi connectivity index (χ3n) is 4.35. The number of carbonyl (C=O) groups excluding carboxylic acids is 1. The van der Waals surface area contributed by atoms with Gasteiger partial charge in [-0.15, -0.1) is 0 Å². The first kappa shape index (κ1) is 18.7. The van der Waals surface area contributed by atoms with Gasteiger partial charge in [-0.3, -0.25) is 9.10 Å². The number of hydrogen-bond donors (Lipinski definition) is 1. The van der Waals surface area contributed by atoms with Gasteiger partial charge in [0.2, 0.25) is 10.0 Å². The summed E-state index contributed by atoms with van der Waals surface area (Å²) in [6, 6.07) is 6.86. The minimum absolute atomic E-state index is 0.168. The van der Waals surface area contributed by atoms with E-state index in [2.05, 4.69) is 24.1 Å². The van der Waals surface area contributed by atoms with Crippen LogP contribution >= 0.6 is 0 Å². The Kier molecular flexibility index (Phi) is 6.62. The lowest BCUT2D eigenvalue weighted by atomic mass is 10.2. The molecule has 1 aromatic carbocycles. The van der Waals surface area contributed by atoms with E-state index >= 15 is 0 Å². The smallest absolute Gasteiger partial charge is 0.251 e. The van der Waals surface area contributed by atoms with Crippen LogP contribution in [0.1, 0.15) is 37.0 Å². The van der Waals surface area contributed by atoms with Gasteiger partial charge in [-0.2, -0.15) is 0 Å². The Morgan fingerprint density at radius 2 is 2.00 bits per heavy atom. The summed E-state index contributed by atoms with van der Waals surface area (Å²) in [6.07, 6.45) is 1.55. The van der Waals surface area contributed by atoms with Gasteiger partial charge in [-0.1, -0.05) is 19.9 Å². The lowest BCUT2D eigenvalue weighted by Crippen LogP contribution is -2.38. The van der Waals surface area contributed by atoms with Gasteiger partial charge in [-0.25, -0.2) is 8.42 Å². The molecule has 2 rings (SSSR count). The van der Waals surface area contributed by atoms with Crippen molar-refractivity contribution >= 4 is 21.6 Å². The number of amides is 1. The maximum absolute atomic E-state index is 12.3. The average molecular weight is 353 g/mol. The Hall–Kier alpha value is -1.60. The number of sulfonamides is 1. The first-order valence-corrected chi connectivity index (χ1v) is 10.2. The summed E-state index contributed by atoms with van der Waals surface area (Å²) in [5.41, 5.74) is 1.07. The molecule has 1 aliphatic heterocycles. The molecule has 0 unspecified atom stereocenters. The fraction of sp³-hybridized carbons (Fsp3) is 0.588. The standard InChI is InChI=1S/C17H27N3O3S/c1-3-19(4-2)12-10-18-17(21)15-8-7-9-16(14-15)20-11-5-6-13-24(20,22)23/h7-9,14H,3-6,10-13H2,1-2H3,(H,18,21). The number of nitrogens with one attached hydrogen (secondary N) is 1. The van der Waals surface area contributed by atoms with Crippen LogP contribution in [0.15, 0.2) is 24.3 Å². The van der Waals surface area contributed by atoms with Gasteiger partial charge in [0.15, 0.2) is 0 Å². The molecular formula is C17H27N3O3S. The van der Waals surface area contributed by atoms with E-state index in [4.69, 9.17) is 0 Å². The van der Waals surface area contributed by atoms with Gasteiger partial charge in [-0.05, 0) is 44.1 Å². The van der Waals surface area contributed by atoms with Gasteiger partial charge in [0.1, 0.15) is 0 Å². The highest BCUT2D eigenvalue weighted by atomic mass is 32.2. The third kappa shape index (κ3) is 4.70. The number of benzene rings is 1. The van der Waals surface area contributed by atoms with Crippen LogP contribution in [-0.4, -0.2) is 57.7 Å². The van der Waals surface area contributed by atoms with Crippen LogP contribution in [-0.2, 0) is 10.0 Å². The molecule has 1 N–H and O–H groups in total. The summed E-state index contributed by atoms with van der Waals surface area (Å²) in [5.74, 6) is 0.00577. The molecule has 6 nitrogen and oxygen atoms in total. The van der Waals surface area contributed by atoms with Crippen molar-refractivity contribution in [1.82, 2.24) is 10.2 Å². The van der Waals surface area contributed by atoms with Gasteiger partial charge < -0.3 is 10.2 Å². The second-order valence-corrected chi connectivity index (χ2v) is 7.94. The van der Waals surface area contributed by atoms with Gasteiger partial charge in [0, 0.05) is 25.2 Å². The Labute approximate surface area is 144 Å². The highest BCUT2D eigenvalue weighted by Gasteiger charge is 2.26. The van der Waals surface area contributed by atoms with Crippen molar-refractivity contribution in [1.29, 1.82) is 0 Å². The Morgan fingerprint density at radius 1 is 1.25 bits per heavy atom. The zero-order valence-corrected chi connectivity index (χ0v) is 15.3. The molecule has 0 aliphatic carbocycles. The monoisotopic (exact) mass is 353 g/mol. The Bertz CT molecular complexity index is 657. The predicted octanol–water partition coefficient (Wildman–Crippen LogP) is 1.69. The summed E-state index contributed by atoms with van der Waals surface area (Å²) < 4.78 is 25.8. The number of carbonyl (C=O) groups is 1. The molecule has 0 atom stereocenters. The molecule has 1 amide bonds. The number of rotatable bonds is 7. The first-order chi connectivity index (χ1) is 11.5. The fourth-order valence-corrected chi connectivity index (χ4v) is 4.48. The normalized spacial score (nSPS) is 17.0. The van der Waals surface area contributed by atoms with Crippen molar-refractivity contribution in [2.45, 2.75) is 26.7 Å². The minimum atomic E-state index is -3.26.